The highest BCUT2D eigenvalue weighted by Gasteiger charge is 2.63. The van der Waals surface area contributed by atoms with Crippen LogP contribution in [0.2, 0.25) is 0 Å². The number of rotatable bonds is 3. The molecule has 3 heterocycles. The van der Waals surface area contributed by atoms with Crippen LogP contribution in [0.1, 0.15) is 66.2 Å². The minimum atomic E-state index is -1.09. The van der Waals surface area contributed by atoms with Gasteiger partial charge in [0, 0.05) is 31.5 Å². The summed E-state index contributed by atoms with van der Waals surface area (Å²) in [6, 6.07) is -1.51. The molecule has 0 radical (unpaired) electrons. The second-order valence-electron chi connectivity index (χ2n) is 11.8. The van der Waals surface area contributed by atoms with E-state index in [2.05, 4.69) is 22.0 Å². The Kier molecular flexibility index (Phi) is 8.16. The number of hydrogen-bond donors (Lipinski definition) is 3. The van der Waals surface area contributed by atoms with Crippen molar-refractivity contribution in [2.45, 2.75) is 89.4 Å². The summed E-state index contributed by atoms with van der Waals surface area (Å²) in [5.74, 6) is -1.08. The van der Waals surface area contributed by atoms with E-state index in [4.69, 9.17) is 9.47 Å². The number of ether oxygens (including phenoxy) is 2. The SMILES string of the molecule is CCOC(=O)[C@@]12C[C@H]1/C=C\CCCCC[C@H](NC(=O)OC(C)(C)C)C(=O)N1C[C@@H]3CNC[C@@H]3[C@H]1C(=O)N2. The Morgan fingerprint density at radius 3 is 2.70 bits per heavy atom. The molecular weight excluding hydrogens is 476 g/mol. The highest BCUT2D eigenvalue weighted by atomic mass is 16.6. The molecule has 3 fully saturated rings. The van der Waals surface area contributed by atoms with Crippen molar-refractivity contribution in [1.29, 1.82) is 0 Å². The normalized spacial score (nSPS) is 35.1. The van der Waals surface area contributed by atoms with Gasteiger partial charge in [0.2, 0.25) is 11.8 Å². The number of nitrogens with one attached hydrogen (secondary N) is 3. The highest BCUT2D eigenvalue weighted by molar-refractivity contribution is 5.96. The third-order valence-electron chi connectivity index (χ3n) is 7.84. The summed E-state index contributed by atoms with van der Waals surface area (Å²) in [4.78, 5) is 54.9. The molecule has 0 aromatic carbocycles. The number of alkyl carbamates (subject to hydrolysis) is 1. The average Bonchev–Trinajstić information content (AvgIpc) is 3.12. The van der Waals surface area contributed by atoms with Gasteiger partial charge in [0.25, 0.3) is 0 Å². The van der Waals surface area contributed by atoms with Crippen LogP contribution in [-0.2, 0) is 23.9 Å². The van der Waals surface area contributed by atoms with Crippen molar-refractivity contribution in [3.8, 4) is 0 Å². The lowest BCUT2D eigenvalue weighted by molar-refractivity contribution is -0.150. The van der Waals surface area contributed by atoms with Gasteiger partial charge >= 0.3 is 12.1 Å². The highest BCUT2D eigenvalue weighted by Crippen LogP contribution is 2.46. The van der Waals surface area contributed by atoms with Gasteiger partial charge in [0.1, 0.15) is 23.2 Å². The summed E-state index contributed by atoms with van der Waals surface area (Å²) in [6.07, 6.45) is 7.82. The van der Waals surface area contributed by atoms with Crippen molar-refractivity contribution in [2.75, 3.05) is 26.2 Å². The molecule has 206 valence electrons. The van der Waals surface area contributed by atoms with E-state index in [9.17, 15) is 19.2 Å². The van der Waals surface area contributed by atoms with E-state index in [1.54, 1.807) is 32.6 Å². The molecule has 1 saturated carbocycles. The van der Waals surface area contributed by atoms with Crippen LogP contribution in [0.15, 0.2) is 12.2 Å². The Bertz CT molecular complexity index is 930. The standard InChI is InChI=1S/C27H42N4O6/c1-5-36-24(34)27-13-18(27)11-9-7-6-8-10-12-20(29-25(35)37-26(2,3)4)23(33)31-16-17-14-28-15-19(17)21(31)22(32)30-27/h9,11,17-21,28H,5-8,10,12-16H2,1-4H3,(H,29,35)(H,30,32)/b11-9-/t17-,18+,19-,20-,21-,27+/m0/s1. The van der Waals surface area contributed by atoms with Crippen LogP contribution < -0.4 is 16.0 Å². The fourth-order valence-corrected chi connectivity index (χ4v) is 5.94. The molecule has 0 unspecified atom stereocenters. The van der Waals surface area contributed by atoms with E-state index < -0.39 is 35.3 Å². The Balaban J connectivity index is 1.61. The minimum absolute atomic E-state index is 0.0613. The number of hydrogen-bond acceptors (Lipinski definition) is 7. The number of amides is 3. The fourth-order valence-electron chi connectivity index (χ4n) is 5.94. The summed E-state index contributed by atoms with van der Waals surface area (Å²) in [5, 5.41) is 9.14. The second-order valence-corrected chi connectivity index (χ2v) is 11.8. The summed E-state index contributed by atoms with van der Waals surface area (Å²) >= 11 is 0. The molecule has 2 saturated heterocycles. The number of nitrogens with zero attached hydrogens (tertiary/aromatic N) is 1. The third-order valence-corrected chi connectivity index (χ3v) is 7.84. The summed E-state index contributed by atoms with van der Waals surface area (Å²) in [5.41, 5.74) is -1.78. The van der Waals surface area contributed by atoms with Gasteiger partial charge < -0.3 is 30.3 Å². The van der Waals surface area contributed by atoms with Gasteiger partial charge in [0.05, 0.1) is 6.61 Å². The second kappa shape index (κ2) is 11.0. The monoisotopic (exact) mass is 518 g/mol. The van der Waals surface area contributed by atoms with Gasteiger partial charge in [-0.3, -0.25) is 9.59 Å². The summed E-state index contributed by atoms with van der Waals surface area (Å²) in [6.45, 7) is 9.07. The Morgan fingerprint density at radius 1 is 1.19 bits per heavy atom. The number of allylic oxidation sites excluding steroid dienone is 1. The van der Waals surface area contributed by atoms with Crippen LogP contribution in [0.4, 0.5) is 4.79 Å². The van der Waals surface area contributed by atoms with Gasteiger partial charge in [-0.15, -0.1) is 0 Å². The summed E-state index contributed by atoms with van der Waals surface area (Å²) < 4.78 is 10.8. The Hall–Kier alpha value is -2.62. The molecule has 4 rings (SSSR count). The Labute approximate surface area is 219 Å². The minimum Gasteiger partial charge on any atom is -0.464 e. The number of fused-ring (bicyclic) bond motifs is 4. The molecule has 1 aliphatic carbocycles. The van der Waals surface area contributed by atoms with E-state index in [-0.39, 0.29) is 36.2 Å². The van der Waals surface area contributed by atoms with Gasteiger partial charge in [-0.1, -0.05) is 25.0 Å². The molecule has 0 aromatic heterocycles. The van der Waals surface area contributed by atoms with E-state index >= 15 is 0 Å². The van der Waals surface area contributed by atoms with Crippen LogP contribution in [0, 0.1) is 17.8 Å². The smallest absolute Gasteiger partial charge is 0.408 e. The van der Waals surface area contributed by atoms with E-state index in [1.807, 2.05) is 6.08 Å². The molecule has 0 bridgehead atoms. The van der Waals surface area contributed by atoms with Crippen LogP contribution in [0.3, 0.4) is 0 Å². The first-order valence-corrected chi connectivity index (χ1v) is 13.7. The third kappa shape index (κ3) is 6.10. The van der Waals surface area contributed by atoms with Gasteiger partial charge in [0.15, 0.2) is 0 Å². The van der Waals surface area contributed by atoms with Crippen molar-refractivity contribution in [1.82, 2.24) is 20.9 Å². The maximum absolute atomic E-state index is 13.9. The largest absolute Gasteiger partial charge is 0.464 e. The lowest BCUT2D eigenvalue weighted by Gasteiger charge is -2.32. The molecular formula is C27H42N4O6. The van der Waals surface area contributed by atoms with Gasteiger partial charge in [-0.05, 0) is 59.3 Å². The summed E-state index contributed by atoms with van der Waals surface area (Å²) in [7, 11) is 0. The van der Waals surface area contributed by atoms with Crippen LogP contribution in [0.5, 0.6) is 0 Å². The molecule has 3 N–H and O–H groups in total. The number of carbonyl (C=O) groups is 4. The topological polar surface area (TPSA) is 126 Å². The predicted molar refractivity (Wildman–Crippen MR) is 136 cm³/mol. The van der Waals surface area contributed by atoms with Gasteiger partial charge in [-0.25, -0.2) is 9.59 Å². The maximum Gasteiger partial charge on any atom is 0.408 e. The maximum atomic E-state index is 13.9. The van der Waals surface area contributed by atoms with Crippen LogP contribution >= 0.6 is 0 Å². The molecule has 10 nitrogen and oxygen atoms in total. The first kappa shape index (κ1) is 27.4. The number of carbonyl (C=O) groups excluding carboxylic acids is 4. The molecule has 3 amide bonds. The van der Waals surface area contributed by atoms with Crippen molar-refractivity contribution < 1.29 is 28.7 Å². The Morgan fingerprint density at radius 2 is 1.97 bits per heavy atom. The van der Waals surface area contributed by atoms with Crippen molar-refractivity contribution >= 4 is 23.9 Å². The van der Waals surface area contributed by atoms with Crippen LogP contribution in [-0.4, -0.2) is 78.2 Å². The quantitative estimate of drug-likeness (QED) is 0.385. The molecule has 4 aliphatic rings. The van der Waals surface area contributed by atoms with Crippen LogP contribution in [0.25, 0.3) is 0 Å². The first-order chi connectivity index (χ1) is 17.6. The van der Waals surface area contributed by atoms with Gasteiger partial charge in [-0.2, -0.15) is 0 Å². The zero-order valence-corrected chi connectivity index (χ0v) is 22.5. The zero-order chi connectivity index (χ0) is 26.8. The molecule has 0 spiro atoms. The van der Waals surface area contributed by atoms with Crippen molar-refractivity contribution in [3.63, 3.8) is 0 Å². The molecule has 0 aromatic rings. The van der Waals surface area contributed by atoms with E-state index in [0.717, 1.165) is 32.2 Å². The molecule has 6 atom stereocenters. The predicted octanol–water partition coefficient (Wildman–Crippen LogP) is 1.88. The molecule has 10 heteroatoms. The lowest BCUT2D eigenvalue weighted by atomic mass is 9.93. The first-order valence-electron chi connectivity index (χ1n) is 13.7. The number of esters is 1. The molecule has 37 heavy (non-hydrogen) atoms. The molecule has 3 aliphatic heterocycles. The van der Waals surface area contributed by atoms with Crippen molar-refractivity contribution in [3.05, 3.63) is 12.2 Å². The lowest BCUT2D eigenvalue weighted by Crippen LogP contribution is -2.58. The van der Waals surface area contributed by atoms with E-state index in [1.165, 1.54) is 0 Å². The fraction of sp³-hybridized carbons (Fsp3) is 0.778. The average molecular weight is 519 g/mol. The van der Waals surface area contributed by atoms with E-state index in [0.29, 0.717) is 25.9 Å². The zero-order valence-electron chi connectivity index (χ0n) is 22.5. The van der Waals surface area contributed by atoms with Crippen molar-refractivity contribution in [2.24, 2.45) is 17.8 Å².